The average molecular weight is 166 g/mol. The molecule has 2 aliphatic rings. The van der Waals surface area contributed by atoms with Gasteiger partial charge in [-0.1, -0.05) is 0 Å². The third-order valence-electron chi connectivity index (χ3n) is 3.36. The van der Waals surface area contributed by atoms with Crippen LogP contribution in [0.5, 0.6) is 0 Å². The summed E-state index contributed by atoms with van der Waals surface area (Å²) in [6, 6.07) is 0. The molecule has 0 aromatic carbocycles. The summed E-state index contributed by atoms with van der Waals surface area (Å²) in [4.78, 5) is 11.4. The van der Waals surface area contributed by atoms with E-state index in [0.29, 0.717) is 6.42 Å². The zero-order valence-electron chi connectivity index (χ0n) is 8.02. The van der Waals surface area contributed by atoms with Crippen LogP contribution >= 0.6 is 0 Å². The Morgan fingerprint density at radius 1 is 1.33 bits per heavy atom. The fourth-order valence-electron chi connectivity index (χ4n) is 2.19. The minimum Gasteiger partial charge on any atom is -0.358 e. The Hall–Kier alpha value is -0.630. The standard InChI is InChI=1S/C10H14O2/c1-6-7(2)10(5-8(6)11)9(3,4)12-10/h5H2,1-4H3. The van der Waals surface area contributed by atoms with E-state index in [1.807, 2.05) is 27.7 Å². The van der Waals surface area contributed by atoms with Gasteiger partial charge in [0.1, 0.15) is 5.60 Å². The molecule has 2 heteroatoms. The van der Waals surface area contributed by atoms with Gasteiger partial charge in [0, 0.05) is 6.42 Å². The predicted molar refractivity (Wildman–Crippen MR) is 45.9 cm³/mol. The monoisotopic (exact) mass is 166 g/mol. The van der Waals surface area contributed by atoms with Gasteiger partial charge < -0.3 is 4.74 Å². The van der Waals surface area contributed by atoms with Crippen molar-refractivity contribution in [3.63, 3.8) is 0 Å². The molecule has 0 radical (unpaired) electrons. The van der Waals surface area contributed by atoms with E-state index >= 15 is 0 Å². The number of carbonyl (C=O) groups is 1. The molecule has 0 bridgehead atoms. The van der Waals surface area contributed by atoms with E-state index in [1.165, 1.54) is 0 Å². The minimum absolute atomic E-state index is 0.121. The average Bonchev–Trinajstić information content (AvgIpc) is 2.44. The number of allylic oxidation sites excluding steroid dienone is 1. The van der Waals surface area contributed by atoms with Crippen LogP contribution < -0.4 is 0 Å². The maximum Gasteiger partial charge on any atom is 0.161 e. The van der Waals surface area contributed by atoms with Crippen molar-refractivity contribution in [3.8, 4) is 0 Å². The highest BCUT2D eigenvalue weighted by molar-refractivity contribution is 6.00. The Bertz CT molecular complexity index is 299. The minimum atomic E-state index is -0.228. The van der Waals surface area contributed by atoms with Gasteiger partial charge in [0.15, 0.2) is 5.78 Å². The van der Waals surface area contributed by atoms with Gasteiger partial charge in [-0.3, -0.25) is 4.79 Å². The molecule has 1 aliphatic heterocycles. The number of epoxide rings is 1. The fourth-order valence-corrected chi connectivity index (χ4v) is 2.19. The number of ketones is 1. The van der Waals surface area contributed by atoms with Crippen LogP contribution in [-0.2, 0) is 9.53 Å². The molecule has 12 heavy (non-hydrogen) atoms. The molecule has 0 N–H and O–H groups in total. The summed E-state index contributed by atoms with van der Waals surface area (Å²) >= 11 is 0. The molecule has 0 amide bonds. The lowest BCUT2D eigenvalue weighted by Gasteiger charge is -2.06. The van der Waals surface area contributed by atoms with E-state index in [1.54, 1.807) is 0 Å². The quantitative estimate of drug-likeness (QED) is 0.514. The lowest BCUT2D eigenvalue weighted by atomic mass is 9.90. The molecule has 0 saturated carbocycles. The Labute approximate surface area is 72.6 Å². The molecular weight excluding hydrogens is 152 g/mol. The van der Waals surface area contributed by atoms with Crippen LogP contribution in [-0.4, -0.2) is 17.0 Å². The van der Waals surface area contributed by atoms with Crippen molar-refractivity contribution < 1.29 is 9.53 Å². The fraction of sp³-hybridized carbons (Fsp3) is 0.700. The highest BCUT2D eigenvalue weighted by Gasteiger charge is 2.68. The third kappa shape index (κ3) is 0.667. The molecule has 2 nitrogen and oxygen atoms in total. The highest BCUT2D eigenvalue weighted by Crippen LogP contribution is 2.58. The molecule has 0 aromatic heterocycles. The van der Waals surface area contributed by atoms with Gasteiger partial charge in [-0.15, -0.1) is 0 Å². The Balaban J connectivity index is 2.43. The van der Waals surface area contributed by atoms with Gasteiger partial charge >= 0.3 is 0 Å². The lowest BCUT2D eigenvalue weighted by molar-refractivity contribution is -0.115. The number of hydrogen-bond donors (Lipinski definition) is 0. The van der Waals surface area contributed by atoms with Crippen molar-refractivity contribution in [2.24, 2.45) is 0 Å². The second kappa shape index (κ2) is 1.82. The topological polar surface area (TPSA) is 29.6 Å². The lowest BCUT2D eigenvalue weighted by Crippen LogP contribution is -2.19. The van der Waals surface area contributed by atoms with Crippen molar-refractivity contribution in [1.29, 1.82) is 0 Å². The summed E-state index contributed by atoms with van der Waals surface area (Å²) in [5.41, 5.74) is 1.69. The van der Waals surface area contributed by atoms with E-state index in [4.69, 9.17) is 4.74 Å². The molecular formula is C10H14O2. The summed E-state index contributed by atoms with van der Waals surface area (Å²) < 4.78 is 5.63. The van der Waals surface area contributed by atoms with E-state index in [-0.39, 0.29) is 17.0 Å². The van der Waals surface area contributed by atoms with Gasteiger partial charge in [0.25, 0.3) is 0 Å². The molecule has 1 fully saturated rings. The molecule has 1 saturated heterocycles. The van der Waals surface area contributed by atoms with E-state index in [0.717, 1.165) is 11.1 Å². The van der Waals surface area contributed by atoms with Gasteiger partial charge in [0.05, 0.1) is 5.60 Å². The normalized spacial score (nSPS) is 38.2. The van der Waals surface area contributed by atoms with Crippen LogP contribution in [0.3, 0.4) is 0 Å². The highest BCUT2D eigenvalue weighted by atomic mass is 16.6. The van der Waals surface area contributed by atoms with Gasteiger partial charge in [0.2, 0.25) is 0 Å². The second-order valence-corrected chi connectivity index (χ2v) is 4.29. The van der Waals surface area contributed by atoms with Crippen molar-refractivity contribution in [3.05, 3.63) is 11.1 Å². The van der Waals surface area contributed by atoms with Gasteiger partial charge in [-0.05, 0) is 38.8 Å². The maximum atomic E-state index is 11.4. The van der Waals surface area contributed by atoms with Gasteiger partial charge in [-0.2, -0.15) is 0 Å². The first-order chi connectivity index (χ1) is 5.41. The SMILES string of the molecule is CC1=C(C)C2(CC1=O)OC2(C)C. The van der Waals surface area contributed by atoms with Crippen molar-refractivity contribution in [2.45, 2.75) is 45.3 Å². The molecule has 0 aromatic rings. The van der Waals surface area contributed by atoms with Gasteiger partial charge in [-0.25, -0.2) is 0 Å². The van der Waals surface area contributed by atoms with Crippen molar-refractivity contribution in [2.75, 3.05) is 0 Å². The first-order valence-electron chi connectivity index (χ1n) is 4.32. The first-order valence-corrected chi connectivity index (χ1v) is 4.32. The molecule has 1 unspecified atom stereocenters. The summed E-state index contributed by atoms with van der Waals surface area (Å²) in [6.45, 7) is 7.99. The second-order valence-electron chi connectivity index (χ2n) is 4.29. The Morgan fingerprint density at radius 3 is 2.00 bits per heavy atom. The van der Waals surface area contributed by atoms with Crippen LogP contribution in [0.25, 0.3) is 0 Å². The number of Topliss-reactive ketones (excluding diaryl/α,β-unsaturated/α-hetero) is 1. The van der Waals surface area contributed by atoms with E-state index in [2.05, 4.69) is 0 Å². The number of rotatable bonds is 0. The predicted octanol–water partition coefficient (Wildman–Crippen LogP) is 1.84. The summed E-state index contributed by atoms with van der Waals surface area (Å²) in [6.07, 6.45) is 0.553. The molecule has 1 heterocycles. The number of hydrogen-bond acceptors (Lipinski definition) is 2. The summed E-state index contributed by atoms with van der Waals surface area (Å²) in [5.74, 6) is 0.248. The molecule has 2 rings (SSSR count). The molecule has 1 atom stereocenters. The number of ether oxygens (including phenoxy) is 1. The largest absolute Gasteiger partial charge is 0.358 e. The Morgan fingerprint density at radius 2 is 1.83 bits per heavy atom. The van der Waals surface area contributed by atoms with Crippen LogP contribution in [0.1, 0.15) is 34.1 Å². The molecule has 1 aliphatic carbocycles. The van der Waals surface area contributed by atoms with Crippen molar-refractivity contribution >= 4 is 5.78 Å². The summed E-state index contributed by atoms with van der Waals surface area (Å²) in [5, 5.41) is 0. The van der Waals surface area contributed by atoms with Crippen LogP contribution in [0.15, 0.2) is 11.1 Å². The molecule has 1 spiro atoms. The third-order valence-corrected chi connectivity index (χ3v) is 3.36. The summed E-state index contributed by atoms with van der Waals surface area (Å²) in [7, 11) is 0. The van der Waals surface area contributed by atoms with E-state index in [9.17, 15) is 4.79 Å². The van der Waals surface area contributed by atoms with Crippen LogP contribution in [0.4, 0.5) is 0 Å². The first kappa shape index (κ1) is 7.99. The van der Waals surface area contributed by atoms with E-state index < -0.39 is 0 Å². The van der Waals surface area contributed by atoms with Crippen molar-refractivity contribution in [1.82, 2.24) is 0 Å². The maximum absolute atomic E-state index is 11.4. The zero-order valence-corrected chi connectivity index (χ0v) is 8.02. The zero-order chi connectivity index (χ0) is 9.15. The molecule has 66 valence electrons. The Kier molecular flexibility index (Phi) is 1.21. The number of carbonyl (C=O) groups excluding carboxylic acids is 1. The van der Waals surface area contributed by atoms with Crippen LogP contribution in [0, 0.1) is 0 Å². The smallest absolute Gasteiger partial charge is 0.161 e. The van der Waals surface area contributed by atoms with Crippen LogP contribution in [0.2, 0.25) is 0 Å².